The van der Waals surface area contributed by atoms with Gasteiger partial charge in [-0.3, -0.25) is 10.2 Å². The van der Waals surface area contributed by atoms with Crippen LogP contribution in [-0.2, 0) is 10.0 Å². The molecule has 1 heterocycles. The average molecular weight is 360 g/mol. The van der Waals surface area contributed by atoms with Gasteiger partial charge in [-0.1, -0.05) is 30.3 Å². The first-order valence-corrected chi connectivity index (χ1v) is 8.85. The number of hydrogen-bond acceptors (Lipinski definition) is 5. The van der Waals surface area contributed by atoms with Gasteiger partial charge in [-0.15, -0.1) is 4.83 Å². The maximum Gasteiger partial charge on any atom is 0.302 e. The molecule has 0 aliphatic rings. The number of fused-ring (bicyclic) bond motifs is 1. The fourth-order valence-electron chi connectivity index (χ4n) is 2.46. The van der Waals surface area contributed by atoms with Crippen molar-refractivity contribution in [1.29, 1.82) is 0 Å². The van der Waals surface area contributed by atoms with Crippen molar-refractivity contribution in [3.05, 3.63) is 59.9 Å². The molecule has 0 saturated carbocycles. The quantitative estimate of drug-likeness (QED) is 0.681. The van der Waals surface area contributed by atoms with E-state index < -0.39 is 15.9 Å². The number of furan rings is 1. The van der Waals surface area contributed by atoms with Gasteiger partial charge in [-0.25, -0.2) is 8.42 Å². The van der Waals surface area contributed by atoms with E-state index in [2.05, 4.69) is 10.3 Å². The van der Waals surface area contributed by atoms with Crippen LogP contribution in [0.3, 0.4) is 0 Å². The molecule has 0 spiro atoms. The number of rotatable bonds is 5. The van der Waals surface area contributed by atoms with Crippen molar-refractivity contribution in [2.75, 3.05) is 7.11 Å². The summed E-state index contributed by atoms with van der Waals surface area (Å²) in [5.41, 5.74) is 3.35. The number of sulfonamides is 1. The lowest BCUT2D eigenvalue weighted by Gasteiger charge is -2.10. The zero-order valence-corrected chi connectivity index (χ0v) is 14.4. The van der Waals surface area contributed by atoms with E-state index in [0.29, 0.717) is 11.1 Å². The Kier molecular flexibility index (Phi) is 4.47. The van der Waals surface area contributed by atoms with Crippen LogP contribution in [0.4, 0.5) is 0 Å². The molecule has 0 aliphatic heterocycles. The number of carbonyl (C=O) groups excluding carboxylic acids is 1. The molecule has 3 rings (SSSR count). The van der Waals surface area contributed by atoms with Crippen molar-refractivity contribution in [1.82, 2.24) is 10.3 Å². The van der Waals surface area contributed by atoms with E-state index in [-0.39, 0.29) is 16.4 Å². The van der Waals surface area contributed by atoms with Crippen molar-refractivity contribution in [3.8, 4) is 5.75 Å². The van der Waals surface area contributed by atoms with Gasteiger partial charge in [-0.2, -0.15) is 0 Å². The Morgan fingerprint density at radius 2 is 1.76 bits per heavy atom. The molecule has 8 heteroatoms. The number of hydrogen-bond donors (Lipinski definition) is 2. The van der Waals surface area contributed by atoms with Crippen LogP contribution in [0.25, 0.3) is 11.0 Å². The molecule has 0 radical (unpaired) electrons. The van der Waals surface area contributed by atoms with Gasteiger partial charge in [0.2, 0.25) is 0 Å². The smallest absolute Gasteiger partial charge is 0.302 e. The molecule has 3 aromatic rings. The maximum atomic E-state index is 12.4. The van der Waals surface area contributed by atoms with Crippen LogP contribution < -0.4 is 15.0 Å². The number of hydrazine groups is 1. The number of ether oxygens (including phenoxy) is 1. The van der Waals surface area contributed by atoms with Crippen LogP contribution in [0, 0.1) is 6.92 Å². The highest BCUT2D eigenvalue weighted by atomic mass is 32.2. The van der Waals surface area contributed by atoms with Gasteiger partial charge >= 0.3 is 5.91 Å². The molecule has 0 aliphatic carbocycles. The highest BCUT2D eigenvalue weighted by Crippen LogP contribution is 2.25. The van der Waals surface area contributed by atoms with Crippen molar-refractivity contribution < 1.29 is 22.4 Å². The lowest BCUT2D eigenvalue weighted by atomic mass is 10.1. The predicted molar refractivity (Wildman–Crippen MR) is 91.7 cm³/mol. The van der Waals surface area contributed by atoms with Gasteiger partial charge in [-0.05, 0) is 25.1 Å². The molecule has 0 bridgehead atoms. The second kappa shape index (κ2) is 6.58. The topological polar surface area (TPSA) is 97.6 Å². The van der Waals surface area contributed by atoms with Crippen molar-refractivity contribution in [2.24, 2.45) is 0 Å². The normalized spacial score (nSPS) is 11.4. The molecule has 2 N–H and O–H groups in total. The molecule has 1 aromatic heterocycles. The minimum atomic E-state index is -4.00. The summed E-state index contributed by atoms with van der Waals surface area (Å²) in [5.74, 6) is -0.472. The number of amides is 1. The maximum absolute atomic E-state index is 12.4. The van der Waals surface area contributed by atoms with Crippen LogP contribution in [0.5, 0.6) is 5.75 Å². The standard InChI is InChI=1S/C17H16N2O5S/c1-11-12-7-3-4-8-13(12)24-16(11)17(20)18-19-25(21,22)15-10-6-5-9-14(15)23-2/h3-10,19H,1-2H3,(H,18,20). The summed E-state index contributed by atoms with van der Waals surface area (Å²) in [7, 11) is -2.63. The Balaban J connectivity index is 1.82. The molecule has 0 fully saturated rings. The Bertz CT molecular complexity index is 1040. The Labute approximate surface area is 144 Å². The molecule has 0 atom stereocenters. The summed E-state index contributed by atoms with van der Waals surface area (Å²) in [4.78, 5) is 14.3. The zero-order chi connectivity index (χ0) is 18.0. The number of para-hydroxylation sites is 2. The van der Waals surface area contributed by atoms with E-state index in [1.165, 1.54) is 19.2 Å². The number of carbonyl (C=O) groups is 1. The molecule has 1 amide bonds. The lowest BCUT2D eigenvalue weighted by molar-refractivity contribution is 0.0918. The summed E-state index contributed by atoms with van der Waals surface area (Å²) >= 11 is 0. The molecule has 0 unspecified atom stereocenters. The summed E-state index contributed by atoms with van der Waals surface area (Å²) in [6, 6.07) is 13.3. The molecule has 2 aromatic carbocycles. The van der Waals surface area contributed by atoms with Gasteiger partial charge in [0.15, 0.2) is 5.76 Å². The summed E-state index contributed by atoms with van der Waals surface area (Å²) in [6.07, 6.45) is 0. The van der Waals surface area contributed by atoms with Gasteiger partial charge in [0.1, 0.15) is 16.2 Å². The first-order valence-electron chi connectivity index (χ1n) is 7.37. The van der Waals surface area contributed by atoms with Crippen LogP contribution in [0.2, 0.25) is 0 Å². The van der Waals surface area contributed by atoms with E-state index in [1.54, 1.807) is 31.2 Å². The molecule has 7 nitrogen and oxygen atoms in total. The lowest BCUT2D eigenvalue weighted by Crippen LogP contribution is -2.41. The van der Waals surface area contributed by atoms with Crippen LogP contribution in [0.1, 0.15) is 16.1 Å². The minimum Gasteiger partial charge on any atom is -0.495 e. The number of methoxy groups -OCH3 is 1. The Morgan fingerprint density at radius 1 is 1.08 bits per heavy atom. The Morgan fingerprint density at radius 3 is 2.48 bits per heavy atom. The number of nitrogens with one attached hydrogen (secondary N) is 2. The van der Waals surface area contributed by atoms with E-state index >= 15 is 0 Å². The molecular weight excluding hydrogens is 344 g/mol. The SMILES string of the molecule is COc1ccccc1S(=O)(=O)NNC(=O)c1oc2ccccc2c1C. The highest BCUT2D eigenvalue weighted by molar-refractivity contribution is 7.89. The van der Waals surface area contributed by atoms with Gasteiger partial charge in [0, 0.05) is 10.9 Å². The van der Waals surface area contributed by atoms with Gasteiger partial charge < -0.3 is 9.15 Å². The number of benzene rings is 2. The average Bonchev–Trinajstić information content (AvgIpc) is 2.97. The van der Waals surface area contributed by atoms with Gasteiger partial charge in [0.05, 0.1) is 7.11 Å². The summed E-state index contributed by atoms with van der Waals surface area (Å²) < 4.78 is 35.3. The third-order valence-corrected chi connectivity index (χ3v) is 4.99. The second-order valence-corrected chi connectivity index (χ2v) is 6.91. The predicted octanol–water partition coefficient (Wildman–Crippen LogP) is 2.37. The van der Waals surface area contributed by atoms with E-state index in [1.807, 2.05) is 12.1 Å². The first kappa shape index (κ1) is 17.0. The third kappa shape index (κ3) is 3.21. The first-order chi connectivity index (χ1) is 11.9. The van der Waals surface area contributed by atoms with Crippen molar-refractivity contribution in [3.63, 3.8) is 0 Å². The minimum absolute atomic E-state index is 0.0453. The fourth-order valence-corrected chi connectivity index (χ4v) is 3.47. The van der Waals surface area contributed by atoms with E-state index in [0.717, 1.165) is 5.39 Å². The highest BCUT2D eigenvalue weighted by Gasteiger charge is 2.22. The van der Waals surface area contributed by atoms with Crippen molar-refractivity contribution >= 4 is 26.9 Å². The second-order valence-electron chi connectivity index (χ2n) is 5.26. The fraction of sp³-hybridized carbons (Fsp3) is 0.118. The van der Waals surface area contributed by atoms with Crippen LogP contribution in [0.15, 0.2) is 57.8 Å². The zero-order valence-electron chi connectivity index (χ0n) is 13.6. The molecule has 130 valence electrons. The van der Waals surface area contributed by atoms with Crippen LogP contribution >= 0.6 is 0 Å². The third-order valence-electron chi connectivity index (χ3n) is 3.71. The molecule has 0 saturated heterocycles. The largest absolute Gasteiger partial charge is 0.495 e. The summed E-state index contributed by atoms with van der Waals surface area (Å²) in [5, 5.41) is 0.792. The van der Waals surface area contributed by atoms with Gasteiger partial charge in [0.25, 0.3) is 10.0 Å². The number of aryl methyl sites for hydroxylation is 1. The Hall–Kier alpha value is -2.84. The monoisotopic (exact) mass is 360 g/mol. The molecule has 25 heavy (non-hydrogen) atoms. The van der Waals surface area contributed by atoms with E-state index in [9.17, 15) is 13.2 Å². The molecular formula is C17H16N2O5S. The van der Waals surface area contributed by atoms with E-state index in [4.69, 9.17) is 9.15 Å². The summed E-state index contributed by atoms with van der Waals surface area (Å²) in [6.45, 7) is 1.73. The van der Waals surface area contributed by atoms with Crippen molar-refractivity contribution in [2.45, 2.75) is 11.8 Å². The van der Waals surface area contributed by atoms with Crippen LogP contribution in [-0.4, -0.2) is 21.4 Å².